The predicted molar refractivity (Wildman–Crippen MR) is 68.8 cm³/mol. The molecule has 1 N–H and O–H groups in total. The van der Waals surface area contributed by atoms with Crippen LogP contribution in [0.25, 0.3) is 5.69 Å². The molecule has 1 aliphatic carbocycles. The number of para-hydroxylation sites is 1. The first-order valence-corrected chi connectivity index (χ1v) is 6.14. The molecule has 94 valence electrons. The Labute approximate surface area is 110 Å². The molecule has 2 aromatic rings. The predicted octanol–water partition coefficient (Wildman–Crippen LogP) is 1.64. The number of benzene rings is 1. The number of nitrogens with zero attached hydrogens (tertiary/aromatic N) is 3. The van der Waals surface area contributed by atoms with E-state index in [-0.39, 0.29) is 17.6 Å². The lowest BCUT2D eigenvalue weighted by Crippen LogP contribution is -2.25. The van der Waals surface area contributed by atoms with E-state index in [9.17, 15) is 10.1 Å². The molecule has 5 nitrogen and oxygen atoms in total. The summed E-state index contributed by atoms with van der Waals surface area (Å²) < 4.78 is 1.49. The molecule has 0 radical (unpaired) electrons. The maximum Gasteiger partial charge on any atom is 0.256 e. The van der Waals surface area contributed by atoms with E-state index < -0.39 is 0 Å². The zero-order valence-corrected chi connectivity index (χ0v) is 10.2. The van der Waals surface area contributed by atoms with Gasteiger partial charge in [0, 0.05) is 6.04 Å². The molecule has 0 atom stereocenters. The van der Waals surface area contributed by atoms with E-state index in [1.54, 1.807) is 0 Å². The van der Waals surface area contributed by atoms with Crippen molar-refractivity contribution in [2.75, 3.05) is 0 Å². The highest BCUT2D eigenvalue weighted by Crippen LogP contribution is 2.20. The second-order valence-corrected chi connectivity index (χ2v) is 4.51. The van der Waals surface area contributed by atoms with E-state index in [4.69, 9.17) is 0 Å². The SMILES string of the molecule is N#Cc1c(C(=O)NC2CC2)cnn1-c1ccccc1. The molecule has 3 rings (SSSR count). The van der Waals surface area contributed by atoms with Crippen LogP contribution in [0.4, 0.5) is 0 Å². The summed E-state index contributed by atoms with van der Waals surface area (Å²) in [5.41, 5.74) is 1.37. The molecule has 0 unspecified atom stereocenters. The van der Waals surface area contributed by atoms with Gasteiger partial charge in [0.05, 0.1) is 17.4 Å². The van der Waals surface area contributed by atoms with Crippen molar-refractivity contribution in [2.45, 2.75) is 18.9 Å². The zero-order valence-electron chi connectivity index (χ0n) is 10.2. The molecule has 1 saturated carbocycles. The van der Waals surface area contributed by atoms with Crippen LogP contribution in [0, 0.1) is 11.3 Å². The van der Waals surface area contributed by atoms with Crippen molar-refractivity contribution in [3.05, 3.63) is 47.8 Å². The van der Waals surface area contributed by atoms with Crippen LogP contribution >= 0.6 is 0 Å². The number of carbonyl (C=O) groups is 1. The van der Waals surface area contributed by atoms with E-state index in [0.29, 0.717) is 5.56 Å². The molecule has 0 bridgehead atoms. The molecule has 1 aliphatic rings. The highest BCUT2D eigenvalue weighted by molar-refractivity contribution is 5.96. The third-order valence-electron chi connectivity index (χ3n) is 3.03. The van der Waals surface area contributed by atoms with E-state index in [1.165, 1.54) is 10.9 Å². The second kappa shape index (κ2) is 4.58. The van der Waals surface area contributed by atoms with Gasteiger partial charge in [-0.25, -0.2) is 4.68 Å². The van der Waals surface area contributed by atoms with E-state index in [1.807, 2.05) is 30.3 Å². The lowest BCUT2D eigenvalue weighted by atomic mass is 10.2. The van der Waals surface area contributed by atoms with Crippen LogP contribution in [0.15, 0.2) is 36.5 Å². The smallest absolute Gasteiger partial charge is 0.256 e. The van der Waals surface area contributed by atoms with Crippen LogP contribution in [0.1, 0.15) is 28.9 Å². The Bertz CT molecular complexity index is 650. The van der Waals surface area contributed by atoms with Crippen LogP contribution in [0.5, 0.6) is 0 Å². The third kappa shape index (κ3) is 2.20. The summed E-state index contributed by atoms with van der Waals surface area (Å²) in [4.78, 5) is 12.0. The van der Waals surface area contributed by atoms with Crippen molar-refractivity contribution >= 4 is 5.91 Å². The van der Waals surface area contributed by atoms with Gasteiger partial charge in [-0.05, 0) is 25.0 Å². The quantitative estimate of drug-likeness (QED) is 0.902. The summed E-state index contributed by atoms with van der Waals surface area (Å²) in [6, 6.07) is 11.6. The summed E-state index contributed by atoms with van der Waals surface area (Å²) in [7, 11) is 0. The van der Waals surface area contributed by atoms with Gasteiger partial charge in [-0.2, -0.15) is 10.4 Å². The molecular formula is C14H12N4O. The number of nitrogens with one attached hydrogen (secondary N) is 1. The molecular weight excluding hydrogens is 240 g/mol. The minimum atomic E-state index is -0.221. The van der Waals surface area contributed by atoms with E-state index in [0.717, 1.165) is 18.5 Å². The Kier molecular flexibility index (Phi) is 2.76. The first kappa shape index (κ1) is 11.5. The van der Waals surface area contributed by atoms with Crippen molar-refractivity contribution in [1.82, 2.24) is 15.1 Å². The summed E-state index contributed by atoms with van der Waals surface area (Å²) in [6.45, 7) is 0. The van der Waals surface area contributed by atoms with Gasteiger partial charge in [0.2, 0.25) is 0 Å². The largest absolute Gasteiger partial charge is 0.349 e. The lowest BCUT2D eigenvalue weighted by molar-refractivity contribution is 0.0951. The van der Waals surface area contributed by atoms with Crippen LogP contribution in [0.2, 0.25) is 0 Å². The number of nitriles is 1. The molecule has 1 aromatic heterocycles. The fraction of sp³-hybridized carbons (Fsp3) is 0.214. The topological polar surface area (TPSA) is 70.7 Å². The van der Waals surface area contributed by atoms with Gasteiger partial charge in [0.1, 0.15) is 6.07 Å². The number of carbonyl (C=O) groups excluding carboxylic acids is 1. The average Bonchev–Trinajstić information content (AvgIpc) is 3.15. The average molecular weight is 252 g/mol. The van der Waals surface area contributed by atoms with Crippen molar-refractivity contribution in [1.29, 1.82) is 5.26 Å². The Morgan fingerprint density at radius 1 is 1.37 bits per heavy atom. The van der Waals surface area contributed by atoms with E-state index in [2.05, 4.69) is 16.5 Å². The molecule has 1 amide bonds. The van der Waals surface area contributed by atoms with Gasteiger partial charge in [0.25, 0.3) is 5.91 Å². The summed E-state index contributed by atoms with van der Waals surface area (Å²) in [5, 5.41) is 16.3. The number of hydrogen-bond acceptors (Lipinski definition) is 3. The molecule has 0 aliphatic heterocycles. The molecule has 1 aromatic carbocycles. The van der Waals surface area contributed by atoms with Crippen LogP contribution < -0.4 is 5.32 Å². The Hall–Kier alpha value is -2.61. The zero-order chi connectivity index (χ0) is 13.2. The standard InChI is InChI=1S/C14H12N4O/c15-8-13-12(14(19)17-10-6-7-10)9-16-18(13)11-4-2-1-3-5-11/h1-5,9-10H,6-7H2,(H,17,19). The first-order chi connectivity index (χ1) is 9.29. The fourth-order valence-electron chi connectivity index (χ4n) is 1.88. The molecule has 0 saturated heterocycles. The lowest BCUT2D eigenvalue weighted by Gasteiger charge is -2.03. The normalized spacial score (nSPS) is 13.8. The monoisotopic (exact) mass is 252 g/mol. The van der Waals surface area contributed by atoms with E-state index >= 15 is 0 Å². The van der Waals surface area contributed by atoms with Gasteiger partial charge < -0.3 is 5.32 Å². The Morgan fingerprint density at radius 3 is 2.74 bits per heavy atom. The molecule has 0 spiro atoms. The third-order valence-corrected chi connectivity index (χ3v) is 3.03. The van der Waals surface area contributed by atoms with Crippen molar-refractivity contribution in [3.63, 3.8) is 0 Å². The molecule has 19 heavy (non-hydrogen) atoms. The van der Waals surface area contributed by atoms with Gasteiger partial charge in [0.15, 0.2) is 5.69 Å². The summed E-state index contributed by atoms with van der Waals surface area (Å²) in [5.74, 6) is -0.221. The maximum atomic E-state index is 12.0. The minimum absolute atomic E-state index is 0.221. The minimum Gasteiger partial charge on any atom is -0.349 e. The number of hydrogen-bond donors (Lipinski definition) is 1. The number of rotatable bonds is 3. The Morgan fingerprint density at radius 2 is 2.11 bits per heavy atom. The summed E-state index contributed by atoms with van der Waals surface area (Å²) >= 11 is 0. The van der Waals surface area contributed by atoms with Crippen LogP contribution in [-0.2, 0) is 0 Å². The number of aromatic nitrogens is 2. The fourth-order valence-corrected chi connectivity index (χ4v) is 1.88. The van der Waals surface area contributed by atoms with Gasteiger partial charge in [-0.1, -0.05) is 18.2 Å². The van der Waals surface area contributed by atoms with Gasteiger partial charge in [-0.3, -0.25) is 4.79 Å². The number of amides is 1. The highest BCUT2D eigenvalue weighted by atomic mass is 16.1. The summed E-state index contributed by atoms with van der Waals surface area (Å²) in [6.07, 6.45) is 3.48. The second-order valence-electron chi connectivity index (χ2n) is 4.51. The van der Waals surface area contributed by atoms with Crippen LogP contribution in [-0.4, -0.2) is 21.7 Å². The van der Waals surface area contributed by atoms with Gasteiger partial charge in [-0.15, -0.1) is 0 Å². The maximum absolute atomic E-state index is 12.0. The first-order valence-electron chi connectivity index (χ1n) is 6.14. The van der Waals surface area contributed by atoms with Gasteiger partial charge >= 0.3 is 0 Å². The molecule has 1 fully saturated rings. The van der Waals surface area contributed by atoms with Crippen LogP contribution in [0.3, 0.4) is 0 Å². The van der Waals surface area contributed by atoms with Crippen molar-refractivity contribution in [3.8, 4) is 11.8 Å². The molecule has 1 heterocycles. The van der Waals surface area contributed by atoms with Crippen molar-refractivity contribution < 1.29 is 4.79 Å². The Balaban J connectivity index is 1.97. The molecule has 5 heteroatoms. The van der Waals surface area contributed by atoms with Crippen molar-refractivity contribution in [2.24, 2.45) is 0 Å². The highest BCUT2D eigenvalue weighted by Gasteiger charge is 2.26.